The third kappa shape index (κ3) is 2.76. The molecule has 5 heteroatoms. The summed E-state index contributed by atoms with van der Waals surface area (Å²) in [5.41, 5.74) is -0.840. The Morgan fingerprint density at radius 2 is 2.00 bits per heavy atom. The average Bonchev–Trinajstić information content (AvgIpc) is 2.44. The van der Waals surface area contributed by atoms with Gasteiger partial charge in [-0.2, -0.15) is 0 Å². The van der Waals surface area contributed by atoms with Gasteiger partial charge in [0.25, 0.3) is 5.91 Å². The van der Waals surface area contributed by atoms with Crippen molar-refractivity contribution < 1.29 is 19.1 Å². The summed E-state index contributed by atoms with van der Waals surface area (Å²) in [6, 6.07) is 9.13. The smallest absolute Gasteiger partial charge is 0.331 e. The quantitative estimate of drug-likeness (QED) is 0.767. The highest BCUT2D eigenvalue weighted by Crippen LogP contribution is 2.31. The molecule has 0 radical (unpaired) electrons. The lowest BCUT2D eigenvalue weighted by Crippen LogP contribution is -2.65. The predicted octanol–water partition coefficient (Wildman–Crippen LogP) is 1.62. The first kappa shape index (κ1) is 14.4. The Bertz CT molecular complexity index is 488. The molecule has 1 aromatic rings. The van der Waals surface area contributed by atoms with E-state index in [-0.39, 0.29) is 18.5 Å². The lowest BCUT2D eigenvalue weighted by molar-refractivity contribution is -0.174. The average molecular weight is 277 g/mol. The lowest BCUT2D eigenvalue weighted by atomic mass is 9.86. The van der Waals surface area contributed by atoms with Crippen LogP contribution in [0.25, 0.3) is 0 Å². The Morgan fingerprint density at radius 3 is 2.55 bits per heavy atom. The van der Waals surface area contributed by atoms with Crippen molar-refractivity contribution >= 4 is 11.9 Å². The number of hydrogen-bond acceptors (Lipinski definition) is 4. The monoisotopic (exact) mass is 277 g/mol. The van der Waals surface area contributed by atoms with Crippen molar-refractivity contribution in [3.63, 3.8) is 0 Å². The Labute approximate surface area is 118 Å². The van der Waals surface area contributed by atoms with E-state index in [1.54, 1.807) is 26.0 Å². The third-order valence-electron chi connectivity index (χ3n) is 3.54. The fourth-order valence-corrected chi connectivity index (χ4v) is 2.20. The van der Waals surface area contributed by atoms with Crippen LogP contribution in [0.5, 0.6) is 5.75 Å². The number of likely N-dealkylation sites (tertiary alicyclic amines) is 1. The molecule has 1 atom stereocenters. The number of ether oxygens (including phenoxy) is 2. The van der Waals surface area contributed by atoms with Crippen molar-refractivity contribution in [2.75, 3.05) is 19.8 Å². The number of benzene rings is 1. The summed E-state index contributed by atoms with van der Waals surface area (Å²) in [6.07, 6.45) is 0.628. The molecule has 1 heterocycles. The van der Waals surface area contributed by atoms with E-state index in [4.69, 9.17) is 9.47 Å². The van der Waals surface area contributed by atoms with Crippen LogP contribution in [-0.4, -0.2) is 42.1 Å². The van der Waals surface area contributed by atoms with Crippen LogP contribution in [0.1, 0.15) is 20.3 Å². The normalized spacial score (nSPS) is 21.0. The first-order valence-corrected chi connectivity index (χ1v) is 6.73. The van der Waals surface area contributed by atoms with Gasteiger partial charge in [0.2, 0.25) is 0 Å². The van der Waals surface area contributed by atoms with Crippen molar-refractivity contribution in [3.8, 4) is 5.75 Å². The molecule has 1 aliphatic rings. The molecule has 0 aliphatic carbocycles. The van der Waals surface area contributed by atoms with E-state index >= 15 is 0 Å². The minimum absolute atomic E-state index is 0.0704. The van der Waals surface area contributed by atoms with E-state index in [0.29, 0.717) is 25.3 Å². The van der Waals surface area contributed by atoms with Gasteiger partial charge in [0.05, 0.1) is 6.61 Å². The SMILES string of the molecule is CCOC(=O)C1(C)CCN1C(=O)COc1ccccc1. The summed E-state index contributed by atoms with van der Waals surface area (Å²) in [4.78, 5) is 25.5. The minimum Gasteiger partial charge on any atom is -0.484 e. The fourth-order valence-electron chi connectivity index (χ4n) is 2.20. The molecule has 0 spiro atoms. The maximum absolute atomic E-state index is 12.1. The maximum atomic E-state index is 12.1. The molecule has 1 fully saturated rings. The van der Waals surface area contributed by atoms with Gasteiger partial charge >= 0.3 is 5.97 Å². The Kier molecular flexibility index (Phi) is 4.27. The summed E-state index contributed by atoms with van der Waals surface area (Å²) in [6.45, 7) is 4.29. The Balaban J connectivity index is 1.91. The second kappa shape index (κ2) is 5.94. The second-order valence-electron chi connectivity index (χ2n) is 4.89. The van der Waals surface area contributed by atoms with E-state index in [9.17, 15) is 9.59 Å². The van der Waals surface area contributed by atoms with Crippen molar-refractivity contribution in [3.05, 3.63) is 30.3 Å². The molecular formula is C15H19NO4. The van der Waals surface area contributed by atoms with Crippen LogP contribution in [0.3, 0.4) is 0 Å². The highest BCUT2D eigenvalue weighted by atomic mass is 16.5. The van der Waals surface area contributed by atoms with E-state index in [2.05, 4.69) is 0 Å². The number of hydrogen-bond donors (Lipinski definition) is 0. The van der Waals surface area contributed by atoms with Crippen molar-refractivity contribution in [1.82, 2.24) is 4.90 Å². The Morgan fingerprint density at radius 1 is 1.30 bits per heavy atom. The molecule has 0 N–H and O–H groups in total. The van der Waals surface area contributed by atoms with Gasteiger partial charge in [-0.05, 0) is 32.4 Å². The van der Waals surface area contributed by atoms with Crippen LogP contribution < -0.4 is 4.74 Å². The molecule has 0 saturated carbocycles. The largest absolute Gasteiger partial charge is 0.484 e. The number of carbonyl (C=O) groups is 2. The molecule has 1 saturated heterocycles. The van der Waals surface area contributed by atoms with Crippen molar-refractivity contribution in [1.29, 1.82) is 0 Å². The number of para-hydroxylation sites is 1. The van der Waals surface area contributed by atoms with Crippen LogP contribution >= 0.6 is 0 Å². The zero-order chi connectivity index (χ0) is 14.6. The van der Waals surface area contributed by atoms with Gasteiger partial charge in [-0.25, -0.2) is 4.79 Å². The first-order chi connectivity index (χ1) is 9.58. The van der Waals surface area contributed by atoms with Gasteiger partial charge in [0.15, 0.2) is 6.61 Å². The summed E-state index contributed by atoms with van der Waals surface area (Å²) in [5.74, 6) is 0.0918. The van der Waals surface area contributed by atoms with Gasteiger partial charge < -0.3 is 14.4 Å². The molecule has 108 valence electrons. The molecular weight excluding hydrogens is 258 g/mol. The zero-order valence-electron chi connectivity index (χ0n) is 11.8. The maximum Gasteiger partial charge on any atom is 0.331 e. The van der Waals surface area contributed by atoms with E-state index in [0.717, 1.165) is 0 Å². The van der Waals surface area contributed by atoms with E-state index < -0.39 is 5.54 Å². The summed E-state index contributed by atoms with van der Waals surface area (Å²) in [7, 11) is 0. The van der Waals surface area contributed by atoms with Crippen LogP contribution in [0.4, 0.5) is 0 Å². The van der Waals surface area contributed by atoms with Gasteiger partial charge in [0, 0.05) is 6.54 Å². The highest BCUT2D eigenvalue weighted by Gasteiger charge is 2.50. The molecule has 1 aromatic carbocycles. The molecule has 2 rings (SSSR count). The first-order valence-electron chi connectivity index (χ1n) is 6.73. The van der Waals surface area contributed by atoms with Crippen molar-refractivity contribution in [2.45, 2.75) is 25.8 Å². The van der Waals surface area contributed by atoms with Gasteiger partial charge in [-0.15, -0.1) is 0 Å². The van der Waals surface area contributed by atoms with Crippen LogP contribution in [0, 0.1) is 0 Å². The van der Waals surface area contributed by atoms with Crippen LogP contribution in [0.15, 0.2) is 30.3 Å². The molecule has 20 heavy (non-hydrogen) atoms. The number of carbonyl (C=O) groups excluding carboxylic acids is 2. The number of amides is 1. The van der Waals surface area contributed by atoms with E-state index in [1.807, 2.05) is 18.2 Å². The summed E-state index contributed by atoms with van der Waals surface area (Å²) >= 11 is 0. The summed E-state index contributed by atoms with van der Waals surface area (Å²) in [5, 5.41) is 0. The molecule has 1 unspecified atom stereocenters. The van der Waals surface area contributed by atoms with Crippen molar-refractivity contribution in [2.24, 2.45) is 0 Å². The number of rotatable bonds is 5. The Hall–Kier alpha value is -2.04. The standard InChI is InChI=1S/C15H19NO4/c1-3-19-14(18)15(2)9-10-16(15)13(17)11-20-12-7-5-4-6-8-12/h4-8H,3,9-11H2,1-2H3. The molecule has 0 aromatic heterocycles. The molecule has 0 bridgehead atoms. The lowest BCUT2D eigenvalue weighted by Gasteiger charge is -2.47. The van der Waals surface area contributed by atoms with Crippen LogP contribution in [-0.2, 0) is 14.3 Å². The van der Waals surface area contributed by atoms with E-state index in [1.165, 1.54) is 4.90 Å². The fraction of sp³-hybridized carbons (Fsp3) is 0.467. The zero-order valence-corrected chi connectivity index (χ0v) is 11.8. The predicted molar refractivity (Wildman–Crippen MR) is 73.3 cm³/mol. The topological polar surface area (TPSA) is 55.8 Å². The molecule has 1 amide bonds. The summed E-state index contributed by atoms with van der Waals surface area (Å²) < 4.78 is 10.4. The highest BCUT2D eigenvalue weighted by molar-refractivity contribution is 5.90. The molecule has 5 nitrogen and oxygen atoms in total. The molecule has 1 aliphatic heterocycles. The van der Waals surface area contributed by atoms with Gasteiger partial charge in [0.1, 0.15) is 11.3 Å². The minimum atomic E-state index is -0.840. The van der Waals surface area contributed by atoms with Crippen LogP contribution in [0.2, 0.25) is 0 Å². The third-order valence-corrected chi connectivity index (χ3v) is 3.54. The number of esters is 1. The number of nitrogens with zero attached hydrogens (tertiary/aromatic N) is 1. The van der Waals surface area contributed by atoms with Gasteiger partial charge in [-0.1, -0.05) is 18.2 Å². The second-order valence-corrected chi connectivity index (χ2v) is 4.89. The van der Waals surface area contributed by atoms with Gasteiger partial charge in [-0.3, -0.25) is 4.79 Å².